The SMILES string of the molecule is Nc1cn[nH]c1NC(=O)C1CCCc2ccccc21. The molecule has 0 bridgehead atoms. The third kappa shape index (κ3) is 2.19. The van der Waals surface area contributed by atoms with Crippen molar-refractivity contribution in [2.75, 3.05) is 11.1 Å². The maximum atomic E-state index is 12.4. The Kier molecular flexibility index (Phi) is 2.95. The standard InChI is InChI=1S/C14H16N4O/c15-12-8-16-18-13(12)17-14(19)11-7-3-5-9-4-1-2-6-10(9)11/h1-2,4,6,8,11H,3,5,7,15H2,(H2,16,17,18,19). The normalized spacial score (nSPS) is 17.8. The van der Waals surface area contributed by atoms with Gasteiger partial charge in [0.25, 0.3) is 0 Å². The fourth-order valence-electron chi connectivity index (χ4n) is 2.63. The minimum atomic E-state index is -0.104. The van der Waals surface area contributed by atoms with Gasteiger partial charge in [-0.3, -0.25) is 9.89 Å². The highest BCUT2D eigenvalue weighted by Crippen LogP contribution is 2.32. The number of aryl methyl sites for hydroxylation is 1. The molecule has 19 heavy (non-hydrogen) atoms. The van der Waals surface area contributed by atoms with Crippen LogP contribution in [0.2, 0.25) is 0 Å². The van der Waals surface area contributed by atoms with Crippen molar-refractivity contribution in [2.24, 2.45) is 0 Å². The van der Waals surface area contributed by atoms with Crippen LogP contribution in [-0.4, -0.2) is 16.1 Å². The fraction of sp³-hybridized carbons (Fsp3) is 0.286. The average molecular weight is 256 g/mol. The van der Waals surface area contributed by atoms with Crippen molar-refractivity contribution in [3.8, 4) is 0 Å². The molecule has 0 fully saturated rings. The van der Waals surface area contributed by atoms with Crippen molar-refractivity contribution < 1.29 is 4.79 Å². The van der Waals surface area contributed by atoms with E-state index < -0.39 is 0 Å². The molecule has 1 heterocycles. The fourth-order valence-corrected chi connectivity index (χ4v) is 2.63. The number of H-pyrrole nitrogens is 1. The maximum absolute atomic E-state index is 12.4. The smallest absolute Gasteiger partial charge is 0.233 e. The van der Waals surface area contributed by atoms with Crippen LogP contribution in [0.5, 0.6) is 0 Å². The number of carbonyl (C=O) groups excluding carboxylic acids is 1. The van der Waals surface area contributed by atoms with Crippen LogP contribution in [0.4, 0.5) is 11.5 Å². The minimum Gasteiger partial charge on any atom is -0.394 e. The van der Waals surface area contributed by atoms with Crippen LogP contribution in [-0.2, 0) is 11.2 Å². The highest BCUT2D eigenvalue weighted by Gasteiger charge is 2.26. The lowest BCUT2D eigenvalue weighted by Gasteiger charge is -2.24. The maximum Gasteiger partial charge on any atom is 0.233 e. The van der Waals surface area contributed by atoms with Crippen LogP contribution in [0.1, 0.15) is 29.9 Å². The summed E-state index contributed by atoms with van der Waals surface area (Å²) in [5, 5.41) is 9.31. The highest BCUT2D eigenvalue weighted by atomic mass is 16.2. The van der Waals surface area contributed by atoms with Crippen molar-refractivity contribution in [1.82, 2.24) is 10.2 Å². The van der Waals surface area contributed by atoms with Crippen molar-refractivity contribution in [3.63, 3.8) is 0 Å². The van der Waals surface area contributed by atoms with Crippen molar-refractivity contribution in [1.29, 1.82) is 0 Å². The predicted octanol–water partition coefficient (Wildman–Crippen LogP) is 2.05. The number of benzene rings is 1. The number of rotatable bonds is 2. The molecule has 1 unspecified atom stereocenters. The van der Waals surface area contributed by atoms with E-state index in [1.165, 1.54) is 11.8 Å². The molecule has 0 saturated heterocycles. The number of nitrogens with two attached hydrogens (primary N) is 1. The summed E-state index contributed by atoms with van der Waals surface area (Å²) in [5.74, 6) is 0.351. The summed E-state index contributed by atoms with van der Waals surface area (Å²) in [6.45, 7) is 0. The van der Waals surface area contributed by atoms with Crippen LogP contribution in [0.3, 0.4) is 0 Å². The minimum absolute atomic E-state index is 0.0249. The number of aromatic nitrogens is 2. The van der Waals surface area contributed by atoms with Crippen molar-refractivity contribution >= 4 is 17.4 Å². The molecule has 3 rings (SSSR count). The molecule has 1 aliphatic rings. The van der Waals surface area contributed by atoms with Crippen LogP contribution in [0, 0.1) is 0 Å². The molecule has 0 aliphatic heterocycles. The van der Waals surface area contributed by atoms with Gasteiger partial charge in [-0.25, -0.2) is 0 Å². The first-order valence-electron chi connectivity index (χ1n) is 6.43. The van der Waals surface area contributed by atoms with E-state index in [0.717, 1.165) is 24.8 Å². The van der Waals surface area contributed by atoms with Gasteiger partial charge >= 0.3 is 0 Å². The molecule has 1 aromatic heterocycles. The molecule has 1 atom stereocenters. The average Bonchev–Trinajstić information content (AvgIpc) is 2.83. The second-order valence-corrected chi connectivity index (χ2v) is 4.83. The van der Waals surface area contributed by atoms with Gasteiger partial charge in [-0.15, -0.1) is 0 Å². The topological polar surface area (TPSA) is 83.8 Å². The summed E-state index contributed by atoms with van der Waals surface area (Å²) in [6.07, 6.45) is 4.45. The number of hydrogen-bond donors (Lipinski definition) is 3. The third-order valence-corrected chi connectivity index (χ3v) is 3.60. The van der Waals surface area contributed by atoms with Crippen LogP contribution >= 0.6 is 0 Å². The largest absolute Gasteiger partial charge is 0.394 e. The molecule has 4 N–H and O–H groups in total. The Morgan fingerprint density at radius 2 is 2.26 bits per heavy atom. The Balaban J connectivity index is 1.84. The number of aromatic amines is 1. The summed E-state index contributed by atoms with van der Waals surface area (Å²) in [4.78, 5) is 12.4. The molecule has 98 valence electrons. The molecule has 0 saturated carbocycles. The number of carbonyl (C=O) groups is 1. The van der Waals surface area contributed by atoms with Gasteiger partial charge in [0.2, 0.25) is 5.91 Å². The summed E-state index contributed by atoms with van der Waals surface area (Å²) >= 11 is 0. The summed E-state index contributed by atoms with van der Waals surface area (Å²) < 4.78 is 0. The van der Waals surface area contributed by atoms with Crippen molar-refractivity contribution in [3.05, 3.63) is 41.6 Å². The predicted molar refractivity (Wildman–Crippen MR) is 73.8 cm³/mol. The number of amides is 1. The highest BCUT2D eigenvalue weighted by molar-refractivity contribution is 5.97. The van der Waals surface area contributed by atoms with E-state index >= 15 is 0 Å². The number of fused-ring (bicyclic) bond motifs is 1. The zero-order chi connectivity index (χ0) is 13.2. The number of nitrogens with zero attached hydrogens (tertiary/aromatic N) is 1. The van der Waals surface area contributed by atoms with E-state index in [-0.39, 0.29) is 11.8 Å². The summed E-state index contributed by atoms with van der Waals surface area (Å²) in [5.41, 5.74) is 8.56. The Bertz CT molecular complexity index is 605. The Morgan fingerprint density at radius 3 is 3.05 bits per heavy atom. The van der Waals surface area contributed by atoms with Gasteiger partial charge in [0, 0.05) is 0 Å². The molecule has 5 nitrogen and oxygen atoms in total. The summed E-state index contributed by atoms with van der Waals surface area (Å²) in [7, 11) is 0. The molecular weight excluding hydrogens is 240 g/mol. The third-order valence-electron chi connectivity index (χ3n) is 3.60. The Hall–Kier alpha value is -2.30. The Morgan fingerprint density at radius 1 is 1.42 bits per heavy atom. The van der Waals surface area contributed by atoms with E-state index in [4.69, 9.17) is 5.73 Å². The first-order chi connectivity index (χ1) is 9.25. The number of hydrogen-bond acceptors (Lipinski definition) is 3. The van der Waals surface area contributed by atoms with Gasteiger partial charge in [0.05, 0.1) is 17.8 Å². The van der Waals surface area contributed by atoms with Crippen LogP contribution < -0.4 is 11.1 Å². The quantitative estimate of drug-likeness (QED) is 0.769. The zero-order valence-corrected chi connectivity index (χ0v) is 10.5. The summed E-state index contributed by atoms with van der Waals surface area (Å²) in [6, 6.07) is 8.13. The van der Waals surface area contributed by atoms with E-state index in [0.29, 0.717) is 11.5 Å². The van der Waals surface area contributed by atoms with E-state index in [9.17, 15) is 4.79 Å². The number of nitrogens with one attached hydrogen (secondary N) is 2. The molecule has 0 radical (unpaired) electrons. The van der Waals surface area contributed by atoms with Gasteiger partial charge in [-0.1, -0.05) is 24.3 Å². The molecule has 1 aliphatic carbocycles. The van der Waals surface area contributed by atoms with Gasteiger partial charge in [0.1, 0.15) is 0 Å². The van der Waals surface area contributed by atoms with Gasteiger partial charge in [-0.2, -0.15) is 5.10 Å². The van der Waals surface area contributed by atoms with Crippen molar-refractivity contribution in [2.45, 2.75) is 25.2 Å². The molecular formula is C14H16N4O. The zero-order valence-electron chi connectivity index (χ0n) is 10.5. The molecule has 1 aromatic carbocycles. The van der Waals surface area contributed by atoms with E-state index in [1.807, 2.05) is 18.2 Å². The molecule has 1 amide bonds. The first-order valence-corrected chi connectivity index (χ1v) is 6.43. The van der Waals surface area contributed by atoms with E-state index in [2.05, 4.69) is 21.6 Å². The molecule has 0 spiro atoms. The second-order valence-electron chi connectivity index (χ2n) is 4.83. The second kappa shape index (κ2) is 4.76. The lowest BCUT2D eigenvalue weighted by Crippen LogP contribution is -2.25. The van der Waals surface area contributed by atoms with Gasteiger partial charge in [0.15, 0.2) is 5.82 Å². The van der Waals surface area contributed by atoms with Gasteiger partial charge in [-0.05, 0) is 30.4 Å². The van der Waals surface area contributed by atoms with Crippen LogP contribution in [0.25, 0.3) is 0 Å². The van der Waals surface area contributed by atoms with Crippen LogP contribution in [0.15, 0.2) is 30.5 Å². The lowest BCUT2D eigenvalue weighted by molar-refractivity contribution is -0.117. The number of nitrogen functional groups attached to an aromatic ring is 1. The number of anilines is 2. The Labute approximate surface area is 111 Å². The van der Waals surface area contributed by atoms with E-state index in [1.54, 1.807) is 0 Å². The molecule has 5 heteroatoms. The lowest BCUT2D eigenvalue weighted by atomic mass is 9.82. The van der Waals surface area contributed by atoms with Gasteiger partial charge < -0.3 is 11.1 Å². The monoisotopic (exact) mass is 256 g/mol. The first kappa shape index (κ1) is 11.8. The molecule has 2 aromatic rings.